The van der Waals surface area contributed by atoms with Gasteiger partial charge in [-0.25, -0.2) is 0 Å². The van der Waals surface area contributed by atoms with Crippen LogP contribution in [0.2, 0.25) is 0 Å². The van der Waals surface area contributed by atoms with Crippen LogP contribution in [0.5, 0.6) is 0 Å². The van der Waals surface area contributed by atoms with Crippen molar-refractivity contribution in [1.82, 2.24) is 5.32 Å². The van der Waals surface area contributed by atoms with Crippen molar-refractivity contribution in [2.45, 2.75) is 6.92 Å². The van der Waals surface area contributed by atoms with Crippen molar-refractivity contribution in [1.29, 1.82) is 0 Å². The number of hydrogen-bond acceptors (Lipinski definition) is 2. The van der Waals surface area contributed by atoms with E-state index in [1.807, 2.05) is 19.1 Å². The van der Waals surface area contributed by atoms with E-state index in [1.165, 1.54) is 0 Å². The summed E-state index contributed by atoms with van der Waals surface area (Å²) in [6.45, 7) is 1.92. The minimum absolute atomic E-state index is 0.192. The van der Waals surface area contributed by atoms with Crippen LogP contribution in [0.15, 0.2) is 46.9 Å². The molecule has 2 amide bonds. The van der Waals surface area contributed by atoms with Crippen molar-refractivity contribution in [2.75, 3.05) is 12.4 Å². The van der Waals surface area contributed by atoms with Crippen molar-refractivity contribution < 1.29 is 9.59 Å². The second-order valence-corrected chi connectivity index (χ2v) is 5.34. The van der Waals surface area contributed by atoms with Gasteiger partial charge < -0.3 is 10.6 Å². The average Bonchev–Trinajstić information content (AvgIpc) is 2.49. The summed E-state index contributed by atoms with van der Waals surface area (Å²) in [4.78, 5) is 23.9. The van der Waals surface area contributed by atoms with Crippen LogP contribution in [-0.4, -0.2) is 18.9 Å². The highest BCUT2D eigenvalue weighted by molar-refractivity contribution is 9.10. The summed E-state index contributed by atoms with van der Waals surface area (Å²) in [5.74, 6) is -0.414. The molecule has 0 fully saturated rings. The number of halogens is 1. The van der Waals surface area contributed by atoms with Gasteiger partial charge in [0.05, 0.1) is 5.56 Å². The summed E-state index contributed by atoms with van der Waals surface area (Å²) in [5.41, 5.74) is 2.62. The molecule has 2 N–H and O–H groups in total. The molecule has 2 aromatic carbocycles. The standard InChI is InChI=1S/C16H15BrN2O2/c1-10-5-3-8-13(14(10)17)16(21)19-12-7-4-6-11(9-12)15(20)18-2/h3-9H,1-2H3,(H,18,20)(H,19,21). The molecule has 0 spiro atoms. The van der Waals surface area contributed by atoms with E-state index in [2.05, 4.69) is 26.6 Å². The molecule has 0 heterocycles. The number of aryl methyl sites for hydroxylation is 1. The first kappa shape index (κ1) is 15.3. The quantitative estimate of drug-likeness (QED) is 0.894. The molecule has 0 aromatic heterocycles. The molecule has 2 rings (SSSR count). The van der Waals surface area contributed by atoms with Gasteiger partial charge in [0, 0.05) is 22.8 Å². The van der Waals surface area contributed by atoms with E-state index >= 15 is 0 Å². The third kappa shape index (κ3) is 3.49. The van der Waals surface area contributed by atoms with Crippen LogP contribution in [0.3, 0.4) is 0 Å². The molecule has 2 aromatic rings. The van der Waals surface area contributed by atoms with Crippen LogP contribution in [-0.2, 0) is 0 Å². The number of carbonyl (C=O) groups is 2. The molecule has 21 heavy (non-hydrogen) atoms. The van der Waals surface area contributed by atoms with Gasteiger partial charge in [-0.2, -0.15) is 0 Å². The van der Waals surface area contributed by atoms with Crippen LogP contribution in [0.1, 0.15) is 26.3 Å². The van der Waals surface area contributed by atoms with Crippen molar-refractivity contribution >= 4 is 33.4 Å². The normalized spacial score (nSPS) is 10.0. The van der Waals surface area contributed by atoms with Gasteiger partial charge in [-0.3, -0.25) is 9.59 Å². The zero-order valence-corrected chi connectivity index (χ0v) is 13.3. The maximum absolute atomic E-state index is 12.3. The number of benzene rings is 2. The average molecular weight is 347 g/mol. The largest absolute Gasteiger partial charge is 0.355 e. The molecule has 5 heteroatoms. The molecule has 0 atom stereocenters. The lowest BCUT2D eigenvalue weighted by Gasteiger charge is -2.09. The number of hydrogen-bond donors (Lipinski definition) is 2. The molecular formula is C16H15BrN2O2. The van der Waals surface area contributed by atoms with Gasteiger partial charge in [0.25, 0.3) is 11.8 Å². The molecule has 4 nitrogen and oxygen atoms in total. The highest BCUT2D eigenvalue weighted by atomic mass is 79.9. The molecule has 108 valence electrons. The number of nitrogens with one attached hydrogen (secondary N) is 2. The summed E-state index contributed by atoms with van der Waals surface area (Å²) in [5, 5.41) is 5.35. The van der Waals surface area contributed by atoms with Crippen LogP contribution < -0.4 is 10.6 Å². The molecule has 0 unspecified atom stereocenters. The van der Waals surface area contributed by atoms with E-state index in [1.54, 1.807) is 37.4 Å². The first-order valence-corrected chi connectivity index (χ1v) is 7.21. The Morgan fingerprint density at radius 3 is 2.48 bits per heavy atom. The third-order valence-electron chi connectivity index (χ3n) is 3.05. The number of amides is 2. The van der Waals surface area contributed by atoms with E-state index in [9.17, 15) is 9.59 Å². The van der Waals surface area contributed by atoms with Crippen molar-refractivity contribution in [3.05, 3.63) is 63.6 Å². The van der Waals surface area contributed by atoms with E-state index in [0.29, 0.717) is 16.8 Å². The Kier molecular flexibility index (Phi) is 4.75. The Morgan fingerprint density at radius 1 is 1.05 bits per heavy atom. The molecule has 0 aliphatic heterocycles. The predicted octanol–water partition coefficient (Wildman–Crippen LogP) is 3.37. The number of rotatable bonds is 3. The fourth-order valence-corrected chi connectivity index (χ4v) is 2.35. The molecule has 0 bridgehead atoms. The Hall–Kier alpha value is -2.14. The van der Waals surface area contributed by atoms with E-state index in [4.69, 9.17) is 0 Å². The molecule has 0 radical (unpaired) electrons. The lowest BCUT2D eigenvalue weighted by Crippen LogP contribution is -2.18. The second kappa shape index (κ2) is 6.54. The molecular weight excluding hydrogens is 332 g/mol. The van der Waals surface area contributed by atoms with Gasteiger partial charge in [-0.05, 0) is 52.7 Å². The van der Waals surface area contributed by atoms with Crippen LogP contribution in [0.4, 0.5) is 5.69 Å². The van der Waals surface area contributed by atoms with E-state index in [0.717, 1.165) is 10.0 Å². The highest BCUT2D eigenvalue weighted by Gasteiger charge is 2.12. The summed E-state index contributed by atoms with van der Waals surface area (Å²) < 4.78 is 0.768. The Morgan fingerprint density at radius 2 is 1.76 bits per heavy atom. The number of carbonyl (C=O) groups excluding carboxylic acids is 2. The third-order valence-corrected chi connectivity index (χ3v) is 4.10. The summed E-state index contributed by atoms with van der Waals surface area (Å²) in [6.07, 6.45) is 0. The Bertz CT molecular complexity index is 698. The smallest absolute Gasteiger partial charge is 0.256 e. The Balaban J connectivity index is 2.24. The first-order chi connectivity index (χ1) is 10.0. The van der Waals surface area contributed by atoms with Crippen molar-refractivity contribution in [3.8, 4) is 0 Å². The minimum atomic E-state index is -0.223. The maximum Gasteiger partial charge on any atom is 0.256 e. The van der Waals surface area contributed by atoms with E-state index < -0.39 is 0 Å². The fourth-order valence-electron chi connectivity index (χ4n) is 1.90. The SMILES string of the molecule is CNC(=O)c1cccc(NC(=O)c2cccc(C)c2Br)c1. The van der Waals surface area contributed by atoms with Crippen molar-refractivity contribution in [3.63, 3.8) is 0 Å². The van der Waals surface area contributed by atoms with Gasteiger partial charge in [-0.1, -0.05) is 18.2 Å². The monoisotopic (exact) mass is 346 g/mol. The van der Waals surface area contributed by atoms with Gasteiger partial charge in [0.1, 0.15) is 0 Å². The summed E-state index contributed by atoms with van der Waals surface area (Å²) in [7, 11) is 1.57. The predicted molar refractivity (Wildman–Crippen MR) is 86.7 cm³/mol. The summed E-state index contributed by atoms with van der Waals surface area (Å²) >= 11 is 3.42. The van der Waals surface area contributed by atoms with Gasteiger partial charge in [-0.15, -0.1) is 0 Å². The molecule has 0 saturated carbocycles. The zero-order chi connectivity index (χ0) is 15.4. The highest BCUT2D eigenvalue weighted by Crippen LogP contribution is 2.22. The Labute approximate surface area is 131 Å². The zero-order valence-electron chi connectivity index (χ0n) is 11.7. The second-order valence-electron chi connectivity index (χ2n) is 4.55. The fraction of sp³-hybridized carbons (Fsp3) is 0.125. The van der Waals surface area contributed by atoms with Crippen molar-refractivity contribution in [2.24, 2.45) is 0 Å². The van der Waals surface area contributed by atoms with E-state index in [-0.39, 0.29) is 11.8 Å². The van der Waals surface area contributed by atoms with Crippen LogP contribution in [0, 0.1) is 6.92 Å². The lowest BCUT2D eigenvalue weighted by molar-refractivity contribution is 0.0961. The van der Waals surface area contributed by atoms with Gasteiger partial charge in [0.2, 0.25) is 0 Å². The first-order valence-electron chi connectivity index (χ1n) is 6.41. The molecule has 0 saturated heterocycles. The minimum Gasteiger partial charge on any atom is -0.355 e. The van der Waals surface area contributed by atoms with Gasteiger partial charge >= 0.3 is 0 Å². The van der Waals surface area contributed by atoms with Crippen LogP contribution in [0.25, 0.3) is 0 Å². The lowest BCUT2D eigenvalue weighted by atomic mass is 10.1. The maximum atomic E-state index is 12.3. The number of anilines is 1. The van der Waals surface area contributed by atoms with Gasteiger partial charge in [0.15, 0.2) is 0 Å². The molecule has 0 aliphatic carbocycles. The molecule has 0 aliphatic rings. The topological polar surface area (TPSA) is 58.2 Å². The summed E-state index contributed by atoms with van der Waals surface area (Å²) in [6, 6.07) is 12.3. The van der Waals surface area contributed by atoms with Crippen LogP contribution >= 0.6 is 15.9 Å².